The number of thioether (sulfide) groups is 1. The molecule has 0 radical (unpaired) electrons. The van der Waals surface area contributed by atoms with E-state index in [4.69, 9.17) is 21.7 Å². The number of methoxy groups -OCH3 is 1. The molecule has 1 aliphatic rings. The third-order valence-electron chi connectivity index (χ3n) is 4.40. The van der Waals surface area contributed by atoms with Crippen molar-refractivity contribution in [2.45, 2.75) is 24.8 Å². The van der Waals surface area contributed by atoms with Gasteiger partial charge in [0.05, 0.1) is 7.11 Å². The van der Waals surface area contributed by atoms with Crippen molar-refractivity contribution in [1.82, 2.24) is 9.66 Å². The number of hydrogen-bond donors (Lipinski definition) is 0. The number of hydrogen-bond acceptors (Lipinski definition) is 7. The maximum Gasteiger partial charge on any atom is 0.167 e. The lowest BCUT2D eigenvalue weighted by Gasteiger charge is -2.40. The lowest BCUT2D eigenvalue weighted by molar-refractivity contribution is -0.118. The molecule has 138 valence electrons. The molecule has 1 fully saturated rings. The number of ketones is 1. The van der Waals surface area contributed by atoms with E-state index in [0.717, 1.165) is 4.86 Å². The van der Waals surface area contributed by atoms with E-state index in [-0.39, 0.29) is 18.4 Å². The second-order valence-corrected chi connectivity index (χ2v) is 7.91. The highest BCUT2D eigenvalue weighted by Crippen LogP contribution is 2.41. The molecule has 2 atom stereocenters. The monoisotopic (exact) mass is 391 g/mol. The number of imidazole rings is 1. The molecule has 1 aliphatic heterocycles. The molecule has 2 unspecified atom stereocenters. The molecule has 0 spiro atoms. The zero-order valence-corrected chi connectivity index (χ0v) is 16.5. The van der Waals surface area contributed by atoms with Gasteiger partial charge in [0.15, 0.2) is 22.2 Å². The van der Waals surface area contributed by atoms with Gasteiger partial charge in [0.2, 0.25) is 0 Å². The van der Waals surface area contributed by atoms with E-state index in [1.165, 1.54) is 0 Å². The highest BCUT2D eigenvalue weighted by atomic mass is 32.2. The Morgan fingerprint density at radius 3 is 2.69 bits per heavy atom. The molecule has 3 rings (SSSR count). The summed E-state index contributed by atoms with van der Waals surface area (Å²) in [4.78, 5) is 16.5. The molecule has 0 saturated carbocycles. The zero-order chi connectivity index (χ0) is 18.7. The minimum Gasteiger partial charge on any atom is -0.493 e. The van der Waals surface area contributed by atoms with Crippen LogP contribution < -0.4 is 14.5 Å². The first kappa shape index (κ1) is 18.7. The summed E-state index contributed by atoms with van der Waals surface area (Å²) in [5.41, 5.74) is 0. The summed E-state index contributed by atoms with van der Waals surface area (Å²) in [7, 11) is 1.61. The molecule has 1 aromatic carbocycles. The van der Waals surface area contributed by atoms with Crippen molar-refractivity contribution in [1.29, 1.82) is 0 Å². The van der Waals surface area contributed by atoms with Crippen LogP contribution in [0.2, 0.25) is 0 Å². The molecular weight excluding hydrogens is 370 g/mol. The number of thiocarbonyl (C=S) groups is 1. The highest BCUT2D eigenvalue weighted by Gasteiger charge is 2.51. The van der Waals surface area contributed by atoms with E-state index in [1.54, 1.807) is 38.3 Å². The maximum absolute atomic E-state index is 12.2. The molecule has 2 aromatic rings. The second-order valence-electron chi connectivity index (χ2n) is 6.00. The molecule has 1 saturated heterocycles. The Balaban J connectivity index is 1.95. The second kappa shape index (κ2) is 7.67. The Morgan fingerprint density at radius 2 is 2.12 bits per heavy atom. The van der Waals surface area contributed by atoms with Crippen molar-refractivity contribution in [3.05, 3.63) is 43.0 Å². The number of Topliss-reactive ketones (excluding diaryl/α,β-unsaturated/α-hetero) is 1. The van der Waals surface area contributed by atoms with Gasteiger partial charge in [-0.2, -0.15) is 0 Å². The van der Waals surface area contributed by atoms with Crippen LogP contribution in [-0.4, -0.2) is 50.7 Å². The van der Waals surface area contributed by atoms with E-state index in [2.05, 4.69) is 4.98 Å². The first-order valence-electron chi connectivity index (χ1n) is 8.18. The predicted molar refractivity (Wildman–Crippen MR) is 107 cm³/mol. The van der Waals surface area contributed by atoms with Gasteiger partial charge in [0.1, 0.15) is 19.0 Å². The Labute approximate surface area is 162 Å². The van der Waals surface area contributed by atoms with Crippen LogP contribution >= 0.6 is 24.0 Å². The zero-order valence-electron chi connectivity index (χ0n) is 14.9. The molecule has 0 amide bonds. The Hall–Kier alpha value is -2.06. The van der Waals surface area contributed by atoms with E-state index in [9.17, 15) is 4.79 Å². The Bertz CT molecular complexity index is 797. The quantitative estimate of drug-likeness (QED) is 0.673. The predicted octanol–water partition coefficient (Wildman–Crippen LogP) is 2.70. The van der Waals surface area contributed by atoms with Crippen LogP contribution in [0.5, 0.6) is 11.5 Å². The van der Waals surface area contributed by atoms with E-state index in [1.807, 2.05) is 47.1 Å². The van der Waals surface area contributed by atoms with Crippen LogP contribution in [0, 0.1) is 0 Å². The molecule has 1 aromatic heterocycles. The van der Waals surface area contributed by atoms with Gasteiger partial charge in [0, 0.05) is 23.0 Å². The highest BCUT2D eigenvalue weighted by molar-refractivity contribution is 8.03. The minimum atomic E-state index is -0.660. The third kappa shape index (κ3) is 3.31. The summed E-state index contributed by atoms with van der Waals surface area (Å²) in [5, 5.41) is 1.98. The van der Waals surface area contributed by atoms with Crippen molar-refractivity contribution in [2.24, 2.45) is 0 Å². The summed E-state index contributed by atoms with van der Waals surface area (Å²) in [6.45, 7) is 3.78. The Kier molecular flexibility index (Phi) is 5.52. The van der Waals surface area contributed by atoms with E-state index >= 15 is 0 Å². The van der Waals surface area contributed by atoms with Crippen molar-refractivity contribution in [3.8, 4) is 11.5 Å². The van der Waals surface area contributed by atoms with Gasteiger partial charge in [-0.25, -0.2) is 4.98 Å². The lowest BCUT2D eigenvalue weighted by Crippen LogP contribution is -2.60. The van der Waals surface area contributed by atoms with Crippen LogP contribution in [0.3, 0.4) is 0 Å². The normalized spacial score (nSPS) is 22.3. The van der Waals surface area contributed by atoms with E-state index in [0.29, 0.717) is 17.3 Å². The summed E-state index contributed by atoms with van der Waals surface area (Å²) in [5.74, 6) is 2.02. The van der Waals surface area contributed by atoms with Gasteiger partial charge < -0.3 is 9.47 Å². The summed E-state index contributed by atoms with van der Waals surface area (Å²) >= 11 is 7.24. The first-order valence-corrected chi connectivity index (χ1v) is 9.58. The van der Waals surface area contributed by atoms with Gasteiger partial charge >= 0.3 is 0 Å². The summed E-state index contributed by atoms with van der Waals surface area (Å²) < 4.78 is 13.3. The van der Waals surface area contributed by atoms with Crippen molar-refractivity contribution < 1.29 is 14.3 Å². The van der Waals surface area contributed by atoms with Crippen LogP contribution in [0.25, 0.3) is 0 Å². The molecule has 26 heavy (non-hydrogen) atoms. The van der Waals surface area contributed by atoms with Gasteiger partial charge in [-0.1, -0.05) is 24.4 Å². The number of benzene rings is 1. The number of aromatic nitrogens is 2. The number of ether oxygens (including phenoxy) is 2. The molecule has 6 nitrogen and oxygen atoms in total. The van der Waals surface area contributed by atoms with E-state index < -0.39 is 4.87 Å². The molecule has 0 N–H and O–H groups in total. The largest absolute Gasteiger partial charge is 0.493 e. The first-order chi connectivity index (χ1) is 12.5. The van der Waals surface area contributed by atoms with Crippen molar-refractivity contribution >= 4 is 34.6 Å². The Morgan fingerprint density at radius 1 is 1.38 bits per heavy atom. The fourth-order valence-corrected chi connectivity index (χ4v) is 4.85. The molecule has 2 heterocycles. The third-order valence-corrected chi connectivity index (χ3v) is 6.43. The molecule has 8 heteroatoms. The smallest absolute Gasteiger partial charge is 0.167 e. The summed E-state index contributed by atoms with van der Waals surface area (Å²) in [6, 6.07) is 7.19. The molecule has 0 aliphatic carbocycles. The maximum atomic E-state index is 12.2. The minimum absolute atomic E-state index is 0.0848. The topological polar surface area (TPSA) is 56.6 Å². The van der Waals surface area contributed by atoms with Gasteiger partial charge in [0.25, 0.3) is 0 Å². The lowest BCUT2D eigenvalue weighted by atomic mass is 10.1. The van der Waals surface area contributed by atoms with Crippen LogP contribution in [0.15, 0.2) is 43.0 Å². The summed E-state index contributed by atoms with van der Waals surface area (Å²) in [6.07, 6.45) is 5.18. The van der Waals surface area contributed by atoms with Crippen LogP contribution in [-0.2, 0) is 4.79 Å². The van der Waals surface area contributed by atoms with Crippen molar-refractivity contribution in [2.75, 3.05) is 24.5 Å². The van der Waals surface area contributed by atoms with Crippen LogP contribution in [0.4, 0.5) is 0 Å². The van der Waals surface area contributed by atoms with Crippen LogP contribution in [0.1, 0.15) is 13.8 Å². The fraction of sp³-hybridized carbons (Fsp3) is 0.389. The van der Waals surface area contributed by atoms with Gasteiger partial charge in [-0.3, -0.25) is 14.5 Å². The number of carbonyl (C=O) groups is 1. The van der Waals surface area contributed by atoms with Gasteiger partial charge in [-0.15, -0.1) is 11.8 Å². The average molecular weight is 392 g/mol. The number of rotatable bonds is 7. The average Bonchev–Trinajstić information content (AvgIpc) is 3.27. The molecular formula is C18H21N3O3S2. The number of nitrogens with zero attached hydrogens (tertiary/aromatic N) is 3. The van der Waals surface area contributed by atoms with Crippen molar-refractivity contribution in [3.63, 3.8) is 0 Å². The fourth-order valence-electron chi connectivity index (χ4n) is 3.01. The van der Waals surface area contributed by atoms with Gasteiger partial charge in [-0.05, 0) is 26.0 Å². The number of carbonyl (C=O) groups excluding carboxylic acids is 1. The standard InChI is InChI=1S/C18H21N3O3S2/c1-13(22)15-10-26-18(14(2)25,21(15)20-9-8-19-12-20)11-24-17-7-5-4-6-16(17)23-3/h4-9,12,15H,10-11H2,1-3H3. The SMILES string of the molecule is COc1ccccc1OCC1(C(C)=S)SCC(C(C)=O)N1n1ccnc1. The molecule has 0 bridgehead atoms. The number of para-hydroxylation sites is 2.